The Bertz CT molecular complexity index is 3080. The van der Waals surface area contributed by atoms with Crippen molar-refractivity contribution in [3.05, 3.63) is 59.7 Å². The van der Waals surface area contributed by atoms with E-state index in [-0.39, 0.29) is 164 Å². The fraction of sp³-hybridized carbons (Fsp3) is 0.767. The summed E-state index contributed by atoms with van der Waals surface area (Å²) in [4.78, 5) is 115. The van der Waals surface area contributed by atoms with E-state index in [0.29, 0.717) is 255 Å². The number of Topliss-reactive ketones (excluding diaryl/α,β-unsaturated/α-hetero) is 2. The van der Waals surface area contributed by atoms with Gasteiger partial charge in [-0.25, -0.2) is 4.79 Å². The molecule has 37 nitrogen and oxygen atoms in total. The third-order valence-electron chi connectivity index (χ3n) is 19.8. The molecular formula is C90H157N11O26. The fourth-order valence-electron chi connectivity index (χ4n) is 12.9. The Morgan fingerprint density at radius 1 is 0.283 bits per heavy atom. The SMILES string of the molecule is CCCCCCC(=O)C(CCCCN)NC(=O)CCOCCOCCOCCOCCNC(=O)C(CCCCN)NC(=O)CCOCCOCCOCCOCCCC(=O)C(CCCCN)NC(=O)CCOCCOCCOCCOCCNC(=O)C(CCCCN)NC(=O)CCOCCOCCOCCOCCNC(=O)OCC1c2ccccc2-c2ccccc21. The summed E-state index contributed by atoms with van der Waals surface area (Å²) >= 11 is 0. The van der Waals surface area contributed by atoms with Gasteiger partial charge in [-0.15, -0.1) is 0 Å². The second-order valence-electron chi connectivity index (χ2n) is 30.1. The van der Waals surface area contributed by atoms with E-state index in [1.807, 2.05) is 24.3 Å². The van der Waals surface area contributed by atoms with E-state index in [4.69, 9.17) is 103 Å². The van der Waals surface area contributed by atoms with Crippen LogP contribution < -0.4 is 60.2 Å². The number of hydrogen-bond donors (Lipinski definition) is 11. The van der Waals surface area contributed by atoms with Gasteiger partial charge in [-0.3, -0.25) is 38.4 Å². The van der Waals surface area contributed by atoms with E-state index in [0.717, 1.165) is 56.1 Å². The van der Waals surface area contributed by atoms with Crippen molar-refractivity contribution in [2.45, 2.75) is 185 Å². The van der Waals surface area contributed by atoms with Crippen LogP contribution in [0.1, 0.15) is 172 Å². The van der Waals surface area contributed by atoms with Gasteiger partial charge in [0, 0.05) is 70.7 Å². The molecule has 0 aliphatic heterocycles. The van der Waals surface area contributed by atoms with Gasteiger partial charge >= 0.3 is 6.09 Å². The molecule has 0 radical (unpaired) electrons. The third kappa shape index (κ3) is 62.1. The summed E-state index contributed by atoms with van der Waals surface area (Å²) in [5.74, 6) is -1.77. The van der Waals surface area contributed by atoms with Crippen LogP contribution in [0.5, 0.6) is 0 Å². The minimum atomic E-state index is -0.733. The first-order valence-corrected chi connectivity index (χ1v) is 46.2. The highest BCUT2D eigenvalue weighted by molar-refractivity contribution is 5.90. The van der Waals surface area contributed by atoms with Gasteiger partial charge in [-0.2, -0.15) is 0 Å². The second-order valence-corrected chi connectivity index (χ2v) is 30.1. The lowest BCUT2D eigenvalue weighted by Gasteiger charge is -2.18. The summed E-state index contributed by atoms with van der Waals surface area (Å²) in [5, 5.41) is 19.8. The van der Waals surface area contributed by atoms with E-state index in [1.54, 1.807) is 0 Å². The molecule has 4 atom stereocenters. The molecule has 127 heavy (non-hydrogen) atoms. The number of rotatable bonds is 92. The quantitative estimate of drug-likeness (QED) is 0.0418. The molecule has 2 aromatic carbocycles. The molecule has 37 heteroatoms. The van der Waals surface area contributed by atoms with Crippen molar-refractivity contribution < 1.29 is 124 Å². The van der Waals surface area contributed by atoms with E-state index >= 15 is 0 Å². The zero-order valence-corrected chi connectivity index (χ0v) is 76.0. The Morgan fingerprint density at radius 2 is 0.551 bits per heavy atom. The van der Waals surface area contributed by atoms with Crippen molar-refractivity contribution in [2.24, 2.45) is 22.9 Å². The number of amides is 7. The van der Waals surface area contributed by atoms with Gasteiger partial charge in [0.1, 0.15) is 18.7 Å². The van der Waals surface area contributed by atoms with Crippen molar-refractivity contribution in [3.8, 4) is 11.1 Å². The average Bonchev–Trinajstić information content (AvgIpc) is 1.62. The van der Waals surface area contributed by atoms with E-state index < -0.39 is 30.3 Å². The summed E-state index contributed by atoms with van der Waals surface area (Å²) in [7, 11) is 0. The predicted molar refractivity (Wildman–Crippen MR) is 478 cm³/mol. The summed E-state index contributed by atoms with van der Waals surface area (Å²) in [6.45, 7) is 14.7. The number of nitrogens with one attached hydrogen (secondary N) is 7. The third-order valence-corrected chi connectivity index (χ3v) is 19.8. The normalized spacial score (nSPS) is 12.7. The molecule has 0 bridgehead atoms. The largest absolute Gasteiger partial charge is 0.449 e. The number of ketones is 2. The first-order valence-electron chi connectivity index (χ1n) is 46.2. The van der Waals surface area contributed by atoms with Crippen LogP contribution in [0.3, 0.4) is 0 Å². The van der Waals surface area contributed by atoms with Gasteiger partial charge < -0.3 is 141 Å². The molecule has 0 heterocycles. The molecule has 2 aromatic rings. The Kier molecular flexibility index (Phi) is 74.0. The van der Waals surface area contributed by atoms with Crippen LogP contribution >= 0.6 is 0 Å². The number of alkyl carbamates (subject to hydrolysis) is 1. The maximum atomic E-state index is 13.2. The minimum Gasteiger partial charge on any atom is -0.449 e. The molecule has 0 saturated carbocycles. The maximum absolute atomic E-state index is 13.2. The van der Waals surface area contributed by atoms with E-state index in [9.17, 15) is 43.2 Å². The molecule has 1 aliphatic carbocycles. The lowest BCUT2D eigenvalue weighted by atomic mass is 9.98. The molecule has 1 aliphatic rings. The number of hydrogen-bond acceptors (Lipinski definition) is 30. The van der Waals surface area contributed by atoms with Crippen LogP contribution in [-0.2, 0) is 119 Å². The molecule has 7 amide bonds. The van der Waals surface area contributed by atoms with Crippen molar-refractivity contribution in [2.75, 3.05) is 264 Å². The van der Waals surface area contributed by atoms with Crippen LogP contribution in [0.15, 0.2) is 48.5 Å². The van der Waals surface area contributed by atoms with Crippen LogP contribution in [0.4, 0.5) is 4.79 Å². The van der Waals surface area contributed by atoms with Gasteiger partial charge in [-0.05, 0) is 138 Å². The van der Waals surface area contributed by atoms with E-state index in [1.165, 1.54) is 11.1 Å². The van der Waals surface area contributed by atoms with Gasteiger partial charge in [0.15, 0.2) is 11.6 Å². The first kappa shape index (κ1) is 114. The van der Waals surface area contributed by atoms with Gasteiger partial charge in [0.25, 0.3) is 0 Å². The van der Waals surface area contributed by atoms with Crippen molar-refractivity contribution in [1.29, 1.82) is 0 Å². The van der Waals surface area contributed by atoms with Gasteiger partial charge in [-0.1, -0.05) is 74.7 Å². The number of fused-ring (bicyclic) bond motifs is 3. The van der Waals surface area contributed by atoms with Crippen LogP contribution in [0, 0.1) is 0 Å². The number of nitrogens with two attached hydrogens (primary N) is 4. The molecule has 728 valence electrons. The number of benzene rings is 2. The molecule has 0 aromatic heterocycles. The lowest BCUT2D eigenvalue weighted by Crippen LogP contribution is -2.47. The van der Waals surface area contributed by atoms with Gasteiger partial charge in [0.2, 0.25) is 35.4 Å². The van der Waals surface area contributed by atoms with Crippen molar-refractivity contribution in [3.63, 3.8) is 0 Å². The van der Waals surface area contributed by atoms with Crippen LogP contribution in [0.25, 0.3) is 11.1 Å². The summed E-state index contributed by atoms with van der Waals surface area (Å²) < 4.78 is 94.9. The molecular weight excluding hydrogens is 1650 g/mol. The zero-order valence-electron chi connectivity index (χ0n) is 76.0. The predicted octanol–water partition coefficient (Wildman–Crippen LogP) is 3.93. The Labute approximate surface area is 753 Å². The number of carbonyl (C=O) groups is 9. The number of carbonyl (C=O) groups excluding carboxylic acids is 9. The van der Waals surface area contributed by atoms with Crippen LogP contribution in [0.2, 0.25) is 0 Å². The number of ether oxygens (including phenoxy) is 17. The Morgan fingerprint density at radius 3 is 0.866 bits per heavy atom. The standard InChI is InChI=1S/C90H157N11O26/c1-2-3-4-5-27-82(102)78(23-10-14-33-91)98-84(104)29-41-112-49-57-121-66-69-124-61-53-116-45-37-95-88(108)80(25-12-16-35-93)100-86(106)31-43-114-51-59-120-65-64-119-56-48-111-40-18-28-83(103)79(24-11-15-34-92)99-85(105)30-42-113-50-58-122-67-70-125-62-54-117-46-38-96-89(109)81(26-13-17-36-94)101-87(107)32-44-115-52-60-123-68-71-126-63-55-118-47-39-97-90(110)127-72-77-75-21-8-6-19-73(75)74-20-7-9-22-76(74)77/h6-9,19-22,77-81H,2-5,10-18,23-72,91-94H2,1H3,(H,95,108)(H,96,109)(H,97,110)(H,98,104)(H,99,105)(H,100,106)(H,101,107). The highest BCUT2D eigenvalue weighted by Crippen LogP contribution is 2.44. The summed E-state index contributed by atoms with van der Waals surface area (Å²) in [5.41, 5.74) is 27.4. The highest BCUT2D eigenvalue weighted by atomic mass is 16.6. The monoisotopic (exact) mass is 1810 g/mol. The smallest absolute Gasteiger partial charge is 0.407 e. The van der Waals surface area contributed by atoms with E-state index in [2.05, 4.69) is 68.4 Å². The Hall–Kier alpha value is -6.93. The van der Waals surface area contributed by atoms with Crippen molar-refractivity contribution in [1.82, 2.24) is 37.2 Å². The highest BCUT2D eigenvalue weighted by Gasteiger charge is 2.30. The maximum Gasteiger partial charge on any atom is 0.407 e. The average molecular weight is 1810 g/mol. The van der Waals surface area contributed by atoms with Crippen LogP contribution in [-0.4, -0.2) is 341 Å². The molecule has 0 spiro atoms. The first-order chi connectivity index (χ1) is 62.3. The Balaban J connectivity index is 1.07. The minimum absolute atomic E-state index is 0.00636. The molecule has 0 fully saturated rings. The molecule has 15 N–H and O–H groups in total. The zero-order chi connectivity index (χ0) is 91.6. The molecule has 3 rings (SSSR count). The summed E-state index contributed by atoms with van der Waals surface area (Å²) in [6, 6.07) is 13.8. The fourth-order valence-corrected chi connectivity index (χ4v) is 12.9. The molecule has 0 saturated heterocycles. The second kappa shape index (κ2) is 82.2. The lowest BCUT2D eigenvalue weighted by molar-refractivity contribution is -0.130. The molecule has 4 unspecified atom stereocenters. The van der Waals surface area contributed by atoms with Gasteiger partial charge in [0.05, 0.1) is 217 Å². The van der Waals surface area contributed by atoms with Crippen molar-refractivity contribution >= 4 is 53.1 Å². The number of unbranched alkanes of at least 4 members (excludes halogenated alkanes) is 7. The summed E-state index contributed by atoms with van der Waals surface area (Å²) in [6.07, 6.45) is 12.8. The topological polar surface area (TPSA) is 499 Å².